The predicted molar refractivity (Wildman–Crippen MR) is 164 cm³/mol. The number of aliphatic hydroxyl groups excluding tert-OH is 1. The second-order valence-corrected chi connectivity index (χ2v) is 12.0. The van der Waals surface area contributed by atoms with Crippen LogP contribution in [-0.4, -0.2) is 83.2 Å². The van der Waals surface area contributed by atoms with Crippen LogP contribution in [0.4, 0.5) is 0 Å². The van der Waals surface area contributed by atoms with Gasteiger partial charge in [-0.1, -0.05) is 38.0 Å². The van der Waals surface area contributed by atoms with E-state index < -0.39 is 48.3 Å². The molecule has 4 rings (SSSR count). The molecule has 1 saturated carbocycles. The van der Waals surface area contributed by atoms with Gasteiger partial charge in [0.15, 0.2) is 24.2 Å². The van der Waals surface area contributed by atoms with E-state index in [1.165, 1.54) is 4.90 Å². The highest BCUT2D eigenvalue weighted by Crippen LogP contribution is 2.38. The number of carbonyl (C=O) groups excluding carboxylic acids is 2. The van der Waals surface area contributed by atoms with Gasteiger partial charge in [0.2, 0.25) is 0 Å². The van der Waals surface area contributed by atoms with Crippen molar-refractivity contribution in [3.8, 4) is 17.2 Å². The van der Waals surface area contributed by atoms with E-state index in [2.05, 4.69) is 0 Å². The van der Waals surface area contributed by atoms with Crippen LogP contribution in [0.1, 0.15) is 75.5 Å². The molecule has 2 aromatic carbocycles. The minimum atomic E-state index is -1.63. The third kappa shape index (κ3) is 8.26. The summed E-state index contributed by atoms with van der Waals surface area (Å²) >= 11 is 0. The molecule has 246 valence electrons. The molecule has 1 saturated heterocycles. The Hall–Kier alpha value is -3.83. The summed E-state index contributed by atoms with van der Waals surface area (Å²) in [6, 6.07) is 11.4. The molecule has 11 nitrogen and oxygen atoms in total. The summed E-state index contributed by atoms with van der Waals surface area (Å²) in [5.74, 6) is -1.16. The molecule has 2 aliphatic rings. The molecule has 1 aliphatic heterocycles. The van der Waals surface area contributed by atoms with Crippen LogP contribution in [0, 0.1) is 5.92 Å². The van der Waals surface area contributed by atoms with Gasteiger partial charge in [0.1, 0.15) is 23.5 Å². The summed E-state index contributed by atoms with van der Waals surface area (Å²) in [6.45, 7) is 1.59. The monoisotopic (exact) mass is 627 g/mol. The number of hydrogen-bond donors (Lipinski definition) is 3. The fourth-order valence-corrected chi connectivity index (χ4v) is 6.37. The maximum absolute atomic E-state index is 13.8. The molecule has 2 fully saturated rings. The van der Waals surface area contributed by atoms with Crippen molar-refractivity contribution in [1.82, 2.24) is 4.90 Å². The maximum Gasteiger partial charge on any atom is 0.341 e. The van der Waals surface area contributed by atoms with Crippen molar-refractivity contribution in [2.75, 3.05) is 27.4 Å². The average molecular weight is 628 g/mol. The molecule has 1 heterocycles. The number of nitrogens with zero attached hydrogens (tertiary/aromatic N) is 1. The van der Waals surface area contributed by atoms with Crippen molar-refractivity contribution in [3.05, 3.63) is 53.6 Å². The molecule has 2 aromatic rings. The van der Waals surface area contributed by atoms with E-state index in [0.29, 0.717) is 74.2 Å². The summed E-state index contributed by atoms with van der Waals surface area (Å²) in [4.78, 5) is 39.9. The Kier molecular flexibility index (Phi) is 11.7. The standard InChI is InChI=1S/C34H45NO10/c1-22-9-4-6-17-34(22,41)31(38)32(39)35-18-7-5-12-26(35)33(40)45-27(24-10-8-11-25(20-24)44-21-30(36)37)15-13-23-14-16-28(42-2)29(19-23)43-3/h8,10-11,14,16,19-20,22,26-27,31,38,41H,4-7,9,12-13,15,17-18,21H2,1-3H3,(H,36,37). The molecule has 5 atom stereocenters. The Morgan fingerprint density at radius 1 is 1.00 bits per heavy atom. The SMILES string of the molecule is COc1ccc(CCC(OC(=O)C2CCCCN2C(=O)C(O)C2(O)CCCCC2C)c2cccc(OCC(=O)O)c2)cc1OC. The largest absolute Gasteiger partial charge is 0.493 e. The Labute approximate surface area is 264 Å². The van der Waals surface area contributed by atoms with Gasteiger partial charge in [-0.3, -0.25) is 4.79 Å². The molecular weight excluding hydrogens is 582 g/mol. The van der Waals surface area contributed by atoms with Crippen molar-refractivity contribution in [3.63, 3.8) is 0 Å². The summed E-state index contributed by atoms with van der Waals surface area (Å²) in [5.41, 5.74) is -0.0234. The number of likely N-dealkylation sites (tertiary alicyclic amines) is 1. The van der Waals surface area contributed by atoms with Crippen LogP contribution in [0.5, 0.6) is 17.2 Å². The van der Waals surface area contributed by atoms with Crippen LogP contribution in [0.15, 0.2) is 42.5 Å². The van der Waals surface area contributed by atoms with Crippen LogP contribution in [-0.2, 0) is 25.5 Å². The first-order valence-electron chi connectivity index (χ1n) is 15.6. The molecule has 11 heteroatoms. The van der Waals surface area contributed by atoms with Gasteiger partial charge >= 0.3 is 11.9 Å². The Balaban J connectivity index is 1.56. The summed E-state index contributed by atoms with van der Waals surface area (Å²) < 4.78 is 22.3. The van der Waals surface area contributed by atoms with Crippen LogP contribution in [0.3, 0.4) is 0 Å². The van der Waals surface area contributed by atoms with E-state index in [1.807, 2.05) is 19.1 Å². The molecule has 0 radical (unpaired) electrons. The molecule has 5 unspecified atom stereocenters. The normalized spacial score (nSPS) is 23.0. The average Bonchev–Trinajstić information content (AvgIpc) is 3.06. The molecule has 0 aromatic heterocycles. The number of aliphatic carboxylic acids is 1. The predicted octanol–water partition coefficient (Wildman–Crippen LogP) is 4.07. The topological polar surface area (TPSA) is 152 Å². The second-order valence-electron chi connectivity index (χ2n) is 12.0. The first-order valence-corrected chi connectivity index (χ1v) is 15.6. The number of rotatable bonds is 13. The highest BCUT2D eigenvalue weighted by Gasteiger charge is 2.49. The van der Waals surface area contributed by atoms with Gasteiger partial charge < -0.3 is 39.2 Å². The van der Waals surface area contributed by atoms with Crippen molar-refractivity contribution in [2.45, 2.75) is 88.6 Å². The number of ether oxygens (including phenoxy) is 4. The highest BCUT2D eigenvalue weighted by atomic mass is 16.5. The van der Waals surface area contributed by atoms with E-state index in [4.69, 9.17) is 24.1 Å². The number of carboxylic acids is 1. The molecule has 45 heavy (non-hydrogen) atoms. The van der Waals surface area contributed by atoms with Gasteiger partial charge in [-0.05, 0) is 86.3 Å². The van der Waals surface area contributed by atoms with Crippen molar-refractivity contribution < 1.29 is 48.7 Å². The van der Waals surface area contributed by atoms with Gasteiger partial charge in [-0.25, -0.2) is 9.59 Å². The lowest BCUT2D eigenvalue weighted by Gasteiger charge is -2.44. The zero-order valence-corrected chi connectivity index (χ0v) is 26.3. The van der Waals surface area contributed by atoms with Crippen LogP contribution >= 0.6 is 0 Å². The lowest BCUT2D eigenvalue weighted by Crippen LogP contribution is -2.60. The van der Waals surface area contributed by atoms with E-state index in [-0.39, 0.29) is 12.5 Å². The number of carbonyl (C=O) groups is 3. The van der Waals surface area contributed by atoms with E-state index in [9.17, 15) is 24.6 Å². The Bertz CT molecular complexity index is 1330. The number of aliphatic hydroxyl groups is 2. The maximum atomic E-state index is 13.8. The molecular formula is C34H45NO10. The molecule has 0 bridgehead atoms. The van der Waals surface area contributed by atoms with Crippen molar-refractivity contribution >= 4 is 17.8 Å². The zero-order valence-electron chi connectivity index (χ0n) is 26.3. The first kappa shape index (κ1) is 34.1. The fourth-order valence-electron chi connectivity index (χ4n) is 6.37. The molecule has 1 aliphatic carbocycles. The van der Waals surface area contributed by atoms with Gasteiger partial charge in [-0.15, -0.1) is 0 Å². The van der Waals surface area contributed by atoms with Crippen molar-refractivity contribution in [1.29, 1.82) is 0 Å². The number of piperidine rings is 1. The number of methoxy groups -OCH3 is 2. The minimum Gasteiger partial charge on any atom is -0.493 e. The third-order valence-electron chi connectivity index (χ3n) is 9.08. The van der Waals surface area contributed by atoms with E-state index >= 15 is 0 Å². The first-order chi connectivity index (χ1) is 21.6. The van der Waals surface area contributed by atoms with E-state index in [1.54, 1.807) is 44.6 Å². The Morgan fingerprint density at radius 3 is 2.47 bits per heavy atom. The smallest absolute Gasteiger partial charge is 0.341 e. The molecule has 0 spiro atoms. The number of benzene rings is 2. The van der Waals surface area contributed by atoms with Gasteiger partial charge in [-0.2, -0.15) is 0 Å². The van der Waals surface area contributed by atoms with Crippen molar-refractivity contribution in [2.24, 2.45) is 5.92 Å². The van der Waals surface area contributed by atoms with Crippen LogP contribution in [0.25, 0.3) is 0 Å². The Morgan fingerprint density at radius 2 is 1.76 bits per heavy atom. The third-order valence-corrected chi connectivity index (χ3v) is 9.08. The quantitative estimate of drug-likeness (QED) is 0.277. The van der Waals surface area contributed by atoms with Gasteiger partial charge in [0.25, 0.3) is 5.91 Å². The summed E-state index contributed by atoms with van der Waals surface area (Å²) in [7, 11) is 3.11. The van der Waals surface area contributed by atoms with E-state index in [0.717, 1.165) is 12.0 Å². The minimum absolute atomic E-state index is 0.253. The lowest BCUT2D eigenvalue weighted by atomic mass is 9.72. The number of hydrogen-bond acceptors (Lipinski definition) is 9. The summed E-state index contributed by atoms with van der Waals surface area (Å²) in [5, 5.41) is 31.5. The lowest BCUT2D eigenvalue weighted by molar-refractivity contribution is -0.179. The van der Waals surface area contributed by atoms with Gasteiger partial charge in [0.05, 0.1) is 14.2 Å². The molecule has 1 amide bonds. The number of esters is 1. The summed E-state index contributed by atoms with van der Waals surface area (Å²) in [6.07, 6.45) is 2.89. The number of carboxylic acid groups (broad SMARTS) is 1. The second kappa shape index (κ2) is 15.4. The highest BCUT2D eigenvalue weighted by molar-refractivity contribution is 5.88. The fraction of sp³-hybridized carbons (Fsp3) is 0.559. The molecule has 3 N–H and O–H groups in total. The van der Waals surface area contributed by atoms with Crippen LogP contribution in [0.2, 0.25) is 0 Å². The zero-order chi connectivity index (χ0) is 32.6. The number of aryl methyl sites for hydroxylation is 1. The number of amides is 1. The van der Waals surface area contributed by atoms with Crippen LogP contribution < -0.4 is 14.2 Å². The van der Waals surface area contributed by atoms with Gasteiger partial charge in [0, 0.05) is 6.54 Å².